The lowest BCUT2D eigenvalue weighted by atomic mass is 9.78. The van der Waals surface area contributed by atoms with Crippen LogP contribution in [0.4, 0.5) is 0 Å². The van der Waals surface area contributed by atoms with Crippen molar-refractivity contribution in [2.24, 2.45) is 0 Å². The summed E-state index contributed by atoms with van der Waals surface area (Å²) in [6, 6.07) is 9.49. The maximum absolute atomic E-state index is 3.63. The molecule has 2 rings (SSSR count). The fraction of sp³-hybridized carbons (Fsp3) is 0.600. The van der Waals surface area contributed by atoms with Gasteiger partial charge < -0.3 is 5.32 Å². The van der Waals surface area contributed by atoms with Crippen LogP contribution < -0.4 is 5.32 Å². The Morgan fingerprint density at radius 1 is 1.18 bits per heavy atom. The Bertz CT molecular complexity index is 350. The van der Waals surface area contributed by atoms with Crippen LogP contribution in [0.15, 0.2) is 28.7 Å². The minimum atomic E-state index is 0.380. The van der Waals surface area contributed by atoms with Gasteiger partial charge in [0.05, 0.1) is 0 Å². The SMILES string of the molecule is CC(C)NCC1(c2ccc(Br)cc2)CCCC1. The zero-order valence-electron chi connectivity index (χ0n) is 10.8. The quantitative estimate of drug-likeness (QED) is 0.875. The van der Waals surface area contributed by atoms with Crippen LogP contribution in [0.2, 0.25) is 0 Å². The number of rotatable bonds is 4. The van der Waals surface area contributed by atoms with E-state index in [0.29, 0.717) is 11.5 Å². The third-order valence-corrected chi connectivity index (χ3v) is 4.39. The van der Waals surface area contributed by atoms with Crippen molar-refractivity contribution in [2.75, 3.05) is 6.54 Å². The van der Waals surface area contributed by atoms with Gasteiger partial charge in [0.2, 0.25) is 0 Å². The van der Waals surface area contributed by atoms with Crippen LogP contribution in [-0.4, -0.2) is 12.6 Å². The average Bonchev–Trinajstić information content (AvgIpc) is 2.77. The summed E-state index contributed by atoms with van der Waals surface area (Å²) in [5, 5.41) is 3.63. The molecule has 1 aromatic carbocycles. The summed E-state index contributed by atoms with van der Waals surface area (Å²) in [6.45, 7) is 5.57. The summed E-state index contributed by atoms with van der Waals surface area (Å²) in [7, 11) is 0. The molecule has 1 aliphatic carbocycles. The highest BCUT2D eigenvalue weighted by Gasteiger charge is 2.35. The van der Waals surface area contributed by atoms with Crippen LogP contribution in [0.1, 0.15) is 45.1 Å². The van der Waals surface area contributed by atoms with Gasteiger partial charge in [-0.2, -0.15) is 0 Å². The maximum Gasteiger partial charge on any atom is 0.0175 e. The molecule has 1 saturated carbocycles. The summed E-state index contributed by atoms with van der Waals surface area (Å²) in [6.07, 6.45) is 5.40. The monoisotopic (exact) mass is 295 g/mol. The predicted molar refractivity (Wildman–Crippen MR) is 77.4 cm³/mol. The Kier molecular flexibility index (Phi) is 4.26. The average molecular weight is 296 g/mol. The highest BCUT2D eigenvalue weighted by Crippen LogP contribution is 2.40. The fourth-order valence-electron chi connectivity index (χ4n) is 2.82. The van der Waals surface area contributed by atoms with Gasteiger partial charge in [0.15, 0.2) is 0 Å². The molecule has 1 aromatic rings. The largest absolute Gasteiger partial charge is 0.314 e. The normalized spacial score (nSPS) is 18.8. The van der Waals surface area contributed by atoms with E-state index in [1.807, 2.05) is 0 Å². The molecule has 0 bridgehead atoms. The van der Waals surface area contributed by atoms with Crippen molar-refractivity contribution in [3.63, 3.8) is 0 Å². The van der Waals surface area contributed by atoms with Gasteiger partial charge in [0, 0.05) is 22.5 Å². The molecule has 0 radical (unpaired) electrons. The van der Waals surface area contributed by atoms with E-state index in [4.69, 9.17) is 0 Å². The third kappa shape index (κ3) is 3.11. The molecule has 0 aliphatic heterocycles. The van der Waals surface area contributed by atoms with Crippen molar-refractivity contribution in [1.29, 1.82) is 0 Å². The number of benzene rings is 1. The van der Waals surface area contributed by atoms with Crippen LogP contribution in [0.25, 0.3) is 0 Å². The van der Waals surface area contributed by atoms with Crippen molar-refractivity contribution in [3.8, 4) is 0 Å². The van der Waals surface area contributed by atoms with Gasteiger partial charge in [-0.25, -0.2) is 0 Å². The van der Waals surface area contributed by atoms with Gasteiger partial charge in [-0.15, -0.1) is 0 Å². The number of halogens is 1. The summed E-state index contributed by atoms with van der Waals surface area (Å²) in [5.74, 6) is 0. The first-order chi connectivity index (χ1) is 8.12. The molecule has 0 amide bonds. The predicted octanol–water partition coefficient (Wildman–Crippen LogP) is 4.26. The van der Waals surface area contributed by atoms with E-state index in [2.05, 4.69) is 59.4 Å². The standard InChI is InChI=1S/C15H22BrN/c1-12(2)17-11-15(9-3-4-10-15)13-5-7-14(16)8-6-13/h5-8,12,17H,3-4,9-11H2,1-2H3. The van der Waals surface area contributed by atoms with E-state index in [1.54, 1.807) is 0 Å². The summed E-state index contributed by atoms with van der Waals surface area (Å²) in [5.41, 5.74) is 1.89. The zero-order chi connectivity index (χ0) is 12.3. The lowest BCUT2D eigenvalue weighted by Gasteiger charge is -2.31. The van der Waals surface area contributed by atoms with E-state index in [-0.39, 0.29) is 0 Å². The first-order valence-corrected chi connectivity index (χ1v) is 7.41. The minimum absolute atomic E-state index is 0.380. The molecule has 0 spiro atoms. The lowest BCUT2D eigenvalue weighted by molar-refractivity contribution is 0.387. The second kappa shape index (κ2) is 5.53. The number of hydrogen-bond donors (Lipinski definition) is 1. The van der Waals surface area contributed by atoms with E-state index >= 15 is 0 Å². The molecular formula is C15H22BrN. The van der Waals surface area contributed by atoms with E-state index in [0.717, 1.165) is 6.54 Å². The van der Waals surface area contributed by atoms with E-state index in [9.17, 15) is 0 Å². The molecule has 0 heterocycles. The van der Waals surface area contributed by atoms with Gasteiger partial charge in [-0.05, 0) is 30.5 Å². The van der Waals surface area contributed by atoms with Gasteiger partial charge >= 0.3 is 0 Å². The van der Waals surface area contributed by atoms with Crippen LogP contribution in [0.3, 0.4) is 0 Å². The van der Waals surface area contributed by atoms with Crippen molar-refractivity contribution in [1.82, 2.24) is 5.32 Å². The Labute approximate surface area is 113 Å². The number of nitrogens with one attached hydrogen (secondary N) is 1. The maximum atomic E-state index is 3.63. The van der Waals surface area contributed by atoms with Crippen molar-refractivity contribution < 1.29 is 0 Å². The zero-order valence-corrected chi connectivity index (χ0v) is 12.4. The van der Waals surface area contributed by atoms with Gasteiger partial charge in [0.1, 0.15) is 0 Å². The molecule has 0 aromatic heterocycles. The smallest absolute Gasteiger partial charge is 0.0175 e. The first kappa shape index (κ1) is 13.1. The molecule has 2 heteroatoms. The van der Waals surface area contributed by atoms with Crippen molar-refractivity contribution >= 4 is 15.9 Å². The van der Waals surface area contributed by atoms with Gasteiger partial charge in [-0.1, -0.05) is 54.8 Å². The molecule has 1 nitrogen and oxygen atoms in total. The molecule has 0 unspecified atom stereocenters. The van der Waals surface area contributed by atoms with Crippen LogP contribution >= 0.6 is 15.9 Å². The van der Waals surface area contributed by atoms with Crippen molar-refractivity contribution in [3.05, 3.63) is 34.3 Å². The van der Waals surface area contributed by atoms with Gasteiger partial charge in [-0.3, -0.25) is 0 Å². The Morgan fingerprint density at radius 3 is 2.29 bits per heavy atom. The Morgan fingerprint density at radius 2 is 1.76 bits per heavy atom. The Balaban J connectivity index is 2.18. The molecule has 17 heavy (non-hydrogen) atoms. The van der Waals surface area contributed by atoms with Gasteiger partial charge in [0.25, 0.3) is 0 Å². The third-order valence-electron chi connectivity index (χ3n) is 3.87. The van der Waals surface area contributed by atoms with Crippen LogP contribution in [0, 0.1) is 0 Å². The van der Waals surface area contributed by atoms with Crippen LogP contribution in [0.5, 0.6) is 0 Å². The highest BCUT2D eigenvalue weighted by atomic mass is 79.9. The van der Waals surface area contributed by atoms with Crippen molar-refractivity contribution in [2.45, 2.75) is 51.0 Å². The summed E-state index contributed by atoms with van der Waals surface area (Å²) in [4.78, 5) is 0. The minimum Gasteiger partial charge on any atom is -0.314 e. The summed E-state index contributed by atoms with van der Waals surface area (Å²) < 4.78 is 1.17. The molecule has 1 fully saturated rings. The van der Waals surface area contributed by atoms with E-state index < -0.39 is 0 Å². The molecule has 94 valence electrons. The highest BCUT2D eigenvalue weighted by molar-refractivity contribution is 9.10. The van der Waals surface area contributed by atoms with Crippen LogP contribution in [-0.2, 0) is 5.41 Å². The molecule has 1 N–H and O–H groups in total. The first-order valence-electron chi connectivity index (χ1n) is 6.62. The molecular weight excluding hydrogens is 274 g/mol. The fourth-order valence-corrected chi connectivity index (χ4v) is 3.09. The second-order valence-electron chi connectivity index (χ2n) is 5.53. The number of hydrogen-bond acceptors (Lipinski definition) is 1. The van der Waals surface area contributed by atoms with E-state index in [1.165, 1.54) is 35.7 Å². The molecule has 1 aliphatic rings. The molecule has 0 saturated heterocycles. The molecule has 0 atom stereocenters. The second-order valence-corrected chi connectivity index (χ2v) is 6.45. The Hall–Kier alpha value is -0.340. The summed E-state index contributed by atoms with van der Waals surface area (Å²) >= 11 is 3.52. The topological polar surface area (TPSA) is 12.0 Å². The lowest BCUT2D eigenvalue weighted by Crippen LogP contribution is -2.39.